The Bertz CT molecular complexity index is 572. The number of aromatic nitrogens is 2. The number of benzene rings is 1. The molecule has 84 valence electrons. The molecule has 0 unspecified atom stereocenters. The standard InChI is InChI=1S/C12H8ClN3O/c1-8-5-11(16-12(13)15-8)17-10-4-2-3-9(6-10)7-14/h2-6H,1H3. The van der Waals surface area contributed by atoms with Gasteiger partial charge in [0, 0.05) is 11.8 Å². The van der Waals surface area contributed by atoms with E-state index in [2.05, 4.69) is 9.97 Å². The summed E-state index contributed by atoms with van der Waals surface area (Å²) in [6, 6.07) is 10.5. The van der Waals surface area contributed by atoms with E-state index >= 15 is 0 Å². The second-order valence-electron chi connectivity index (χ2n) is 3.36. The number of nitriles is 1. The maximum absolute atomic E-state index is 8.76. The van der Waals surface area contributed by atoms with Crippen LogP contribution in [0, 0.1) is 18.3 Å². The molecule has 0 fully saturated rings. The molecular weight excluding hydrogens is 238 g/mol. The van der Waals surface area contributed by atoms with Gasteiger partial charge in [0.05, 0.1) is 11.6 Å². The lowest BCUT2D eigenvalue weighted by atomic mass is 10.2. The highest BCUT2D eigenvalue weighted by Gasteiger charge is 2.03. The second-order valence-corrected chi connectivity index (χ2v) is 3.70. The Labute approximate surface area is 103 Å². The fourth-order valence-electron chi connectivity index (χ4n) is 1.31. The first-order chi connectivity index (χ1) is 8.17. The molecule has 0 spiro atoms. The van der Waals surface area contributed by atoms with Gasteiger partial charge in [0.2, 0.25) is 11.2 Å². The van der Waals surface area contributed by atoms with Gasteiger partial charge in [0.1, 0.15) is 5.75 Å². The van der Waals surface area contributed by atoms with Gasteiger partial charge < -0.3 is 4.74 Å². The van der Waals surface area contributed by atoms with Gasteiger partial charge in [0.25, 0.3) is 0 Å². The maximum Gasteiger partial charge on any atom is 0.225 e. The third-order valence-corrected chi connectivity index (χ3v) is 2.16. The van der Waals surface area contributed by atoms with Crippen molar-refractivity contribution in [3.8, 4) is 17.7 Å². The van der Waals surface area contributed by atoms with E-state index in [9.17, 15) is 0 Å². The molecule has 0 N–H and O–H groups in total. The van der Waals surface area contributed by atoms with Crippen LogP contribution in [0.4, 0.5) is 0 Å². The second kappa shape index (κ2) is 4.81. The first-order valence-corrected chi connectivity index (χ1v) is 5.24. The highest BCUT2D eigenvalue weighted by Crippen LogP contribution is 2.21. The Morgan fingerprint density at radius 1 is 1.29 bits per heavy atom. The maximum atomic E-state index is 8.76. The van der Waals surface area contributed by atoms with Crippen LogP contribution in [0.3, 0.4) is 0 Å². The van der Waals surface area contributed by atoms with Crippen molar-refractivity contribution in [3.63, 3.8) is 0 Å². The summed E-state index contributed by atoms with van der Waals surface area (Å²) in [7, 11) is 0. The molecule has 1 heterocycles. The van der Waals surface area contributed by atoms with Crippen LogP contribution in [0.5, 0.6) is 11.6 Å². The van der Waals surface area contributed by atoms with Crippen molar-refractivity contribution in [2.45, 2.75) is 6.92 Å². The van der Waals surface area contributed by atoms with E-state index in [1.165, 1.54) is 0 Å². The van der Waals surface area contributed by atoms with Crippen LogP contribution in [-0.2, 0) is 0 Å². The van der Waals surface area contributed by atoms with E-state index in [0.717, 1.165) is 5.69 Å². The highest BCUT2D eigenvalue weighted by atomic mass is 35.5. The summed E-state index contributed by atoms with van der Waals surface area (Å²) in [4.78, 5) is 7.87. The van der Waals surface area contributed by atoms with Gasteiger partial charge in [-0.05, 0) is 36.7 Å². The molecule has 0 saturated heterocycles. The minimum absolute atomic E-state index is 0.136. The van der Waals surface area contributed by atoms with Crippen LogP contribution in [0.1, 0.15) is 11.3 Å². The molecule has 2 aromatic rings. The van der Waals surface area contributed by atoms with Crippen LogP contribution in [-0.4, -0.2) is 9.97 Å². The smallest absolute Gasteiger partial charge is 0.225 e. The van der Waals surface area contributed by atoms with E-state index in [1.807, 2.05) is 6.07 Å². The zero-order valence-corrected chi connectivity index (χ0v) is 9.77. The third-order valence-electron chi connectivity index (χ3n) is 1.99. The molecule has 0 aliphatic rings. The molecule has 0 atom stereocenters. The molecule has 0 bridgehead atoms. The normalized spacial score (nSPS) is 9.71. The van der Waals surface area contributed by atoms with Gasteiger partial charge in [-0.25, -0.2) is 4.98 Å². The summed E-state index contributed by atoms with van der Waals surface area (Å²) < 4.78 is 5.50. The van der Waals surface area contributed by atoms with Gasteiger partial charge >= 0.3 is 0 Å². The first-order valence-electron chi connectivity index (χ1n) is 4.86. The zero-order chi connectivity index (χ0) is 12.3. The van der Waals surface area contributed by atoms with Crippen molar-refractivity contribution in [1.82, 2.24) is 9.97 Å². The molecule has 0 saturated carbocycles. The number of nitrogens with zero attached hydrogens (tertiary/aromatic N) is 3. The summed E-state index contributed by atoms with van der Waals surface area (Å²) in [5, 5.41) is 8.90. The first kappa shape index (κ1) is 11.4. The number of hydrogen-bond donors (Lipinski definition) is 0. The van der Waals surface area contributed by atoms with E-state index < -0.39 is 0 Å². The minimum atomic E-state index is 0.136. The predicted octanol–water partition coefficient (Wildman–Crippen LogP) is 3.10. The summed E-state index contributed by atoms with van der Waals surface area (Å²) in [6.45, 7) is 1.80. The van der Waals surface area contributed by atoms with Crippen LogP contribution < -0.4 is 4.74 Å². The Kier molecular flexibility index (Phi) is 3.22. The average Bonchev–Trinajstić information content (AvgIpc) is 2.28. The van der Waals surface area contributed by atoms with Gasteiger partial charge in [-0.3, -0.25) is 0 Å². The van der Waals surface area contributed by atoms with Crippen molar-refractivity contribution in [1.29, 1.82) is 5.26 Å². The van der Waals surface area contributed by atoms with Crippen LogP contribution >= 0.6 is 11.6 Å². The summed E-state index contributed by atoms with van der Waals surface area (Å²) in [6.07, 6.45) is 0. The van der Waals surface area contributed by atoms with Crippen LogP contribution in [0.25, 0.3) is 0 Å². The minimum Gasteiger partial charge on any atom is -0.439 e. The largest absolute Gasteiger partial charge is 0.439 e. The van der Waals surface area contributed by atoms with E-state index in [0.29, 0.717) is 17.2 Å². The van der Waals surface area contributed by atoms with E-state index in [1.54, 1.807) is 37.3 Å². The number of aryl methyl sites for hydroxylation is 1. The lowest BCUT2D eigenvalue weighted by Gasteiger charge is -2.05. The van der Waals surface area contributed by atoms with Crippen molar-refractivity contribution in [3.05, 3.63) is 46.9 Å². The number of rotatable bonds is 2. The molecule has 0 amide bonds. The molecule has 1 aromatic heterocycles. The molecule has 2 rings (SSSR count). The molecule has 17 heavy (non-hydrogen) atoms. The van der Waals surface area contributed by atoms with Crippen molar-refractivity contribution < 1.29 is 4.74 Å². The molecule has 0 radical (unpaired) electrons. The predicted molar refractivity (Wildman–Crippen MR) is 63.0 cm³/mol. The van der Waals surface area contributed by atoms with Crippen molar-refractivity contribution in [2.75, 3.05) is 0 Å². The fraction of sp³-hybridized carbons (Fsp3) is 0.0833. The summed E-state index contributed by atoms with van der Waals surface area (Å²) >= 11 is 5.72. The Balaban J connectivity index is 2.28. The fourth-order valence-corrected chi connectivity index (χ4v) is 1.52. The Morgan fingerprint density at radius 2 is 2.12 bits per heavy atom. The molecular formula is C12H8ClN3O. The molecule has 5 heteroatoms. The molecule has 0 aliphatic heterocycles. The number of halogens is 1. The highest BCUT2D eigenvalue weighted by molar-refractivity contribution is 6.28. The molecule has 0 aliphatic carbocycles. The SMILES string of the molecule is Cc1cc(Oc2cccc(C#N)c2)nc(Cl)n1. The Hall–Kier alpha value is -2.12. The quantitative estimate of drug-likeness (QED) is 0.763. The van der Waals surface area contributed by atoms with Gasteiger partial charge in [-0.1, -0.05) is 6.07 Å². The van der Waals surface area contributed by atoms with E-state index in [-0.39, 0.29) is 5.28 Å². The zero-order valence-electron chi connectivity index (χ0n) is 9.01. The van der Waals surface area contributed by atoms with E-state index in [4.69, 9.17) is 21.6 Å². The summed E-state index contributed by atoms with van der Waals surface area (Å²) in [5.74, 6) is 0.899. The van der Waals surface area contributed by atoms with Crippen molar-refractivity contribution in [2.24, 2.45) is 0 Å². The van der Waals surface area contributed by atoms with Gasteiger partial charge in [0.15, 0.2) is 0 Å². The number of ether oxygens (including phenoxy) is 1. The monoisotopic (exact) mass is 245 g/mol. The lowest BCUT2D eigenvalue weighted by molar-refractivity contribution is 0.461. The van der Waals surface area contributed by atoms with Gasteiger partial charge in [-0.15, -0.1) is 0 Å². The summed E-state index contributed by atoms with van der Waals surface area (Å²) in [5.41, 5.74) is 1.25. The third kappa shape index (κ3) is 2.92. The molecule has 1 aromatic carbocycles. The average molecular weight is 246 g/mol. The number of hydrogen-bond acceptors (Lipinski definition) is 4. The van der Waals surface area contributed by atoms with Crippen molar-refractivity contribution >= 4 is 11.6 Å². The van der Waals surface area contributed by atoms with Crippen LogP contribution in [0.15, 0.2) is 30.3 Å². The van der Waals surface area contributed by atoms with Crippen LogP contribution in [0.2, 0.25) is 5.28 Å². The topological polar surface area (TPSA) is 58.8 Å². The Morgan fingerprint density at radius 3 is 2.82 bits per heavy atom. The lowest BCUT2D eigenvalue weighted by Crippen LogP contribution is -1.92. The molecule has 4 nitrogen and oxygen atoms in total. The van der Waals surface area contributed by atoms with Gasteiger partial charge in [-0.2, -0.15) is 10.2 Å².